The Morgan fingerprint density at radius 2 is 2.30 bits per heavy atom. The number of rotatable bonds is 0. The van der Waals surface area contributed by atoms with Crippen molar-refractivity contribution in [2.45, 2.75) is 17.7 Å². The fourth-order valence-electron chi connectivity index (χ4n) is 1.67. The zero-order chi connectivity index (χ0) is 6.81. The summed E-state index contributed by atoms with van der Waals surface area (Å²) in [6.45, 7) is 3.51. The van der Waals surface area contributed by atoms with Gasteiger partial charge in [-0.15, -0.1) is 0 Å². The summed E-state index contributed by atoms with van der Waals surface area (Å²) in [4.78, 5) is 0. The lowest BCUT2D eigenvalue weighted by Gasteiger charge is -2.14. The fraction of sp³-hybridized carbons (Fsp3) is 1.00. The molecule has 3 heteroatoms. The van der Waals surface area contributed by atoms with Gasteiger partial charge in [-0.25, -0.2) is 0 Å². The Kier molecular flexibility index (Phi) is 2.16. The van der Waals surface area contributed by atoms with Gasteiger partial charge in [-0.2, -0.15) is 11.8 Å². The average Bonchev–Trinajstić information content (AvgIpc) is 2.28. The van der Waals surface area contributed by atoms with E-state index in [-0.39, 0.29) is 0 Å². The molecule has 2 rings (SSSR count). The first-order valence-corrected chi connectivity index (χ1v) is 5.07. The third-order valence-corrected chi connectivity index (χ3v) is 3.66. The van der Waals surface area contributed by atoms with Gasteiger partial charge in [0.25, 0.3) is 0 Å². The van der Waals surface area contributed by atoms with Gasteiger partial charge < -0.3 is 10.6 Å². The number of hydrogen-bond donors (Lipinski definition) is 2. The molecular weight excluding hydrogens is 144 g/mol. The van der Waals surface area contributed by atoms with E-state index in [2.05, 4.69) is 22.4 Å². The molecule has 2 fully saturated rings. The van der Waals surface area contributed by atoms with E-state index in [0.717, 1.165) is 24.4 Å². The van der Waals surface area contributed by atoms with E-state index in [1.165, 1.54) is 18.7 Å². The van der Waals surface area contributed by atoms with Crippen LogP contribution in [0.4, 0.5) is 0 Å². The lowest BCUT2D eigenvalue weighted by atomic mass is 10.1. The minimum Gasteiger partial charge on any atom is -0.314 e. The summed E-state index contributed by atoms with van der Waals surface area (Å²) >= 11 is 2.11. The Balaban J connectivity index is 1.95. The van der Waals surface area contributed by atoms with Gasteiger partial charge in [0, 0.05) is 30.9 Å². The molecule has 58 valence electrons. The van der Waals surface area contributed by atoms with Gasteiger partial charge in [-0.3, -0.25) is 0 Å². The molecular formula is C7H14N2S. The Hall–Kier alpha value is 0.270. The summed E-state index contributed by atoms with van der Waals surface area (Å²) < 4.78 is 0. The van der Waals surface area contributed by atoms with Crippen LogP contribution in [-0.2, 0) is 0 Å². The van der Waals surface area contributed by atoms with Crippen molar-refractivity contribution < 1.29 is 0 Å². The largest absolute Gasteiger partial charge is 0.314 e. The first-order valence-electron chi connectivity index (χ1n) is 4.02. The summed E-state index contributed by atoms with van der Waals surface area (Å²) in [6.07, 6.45) is 1.37. The Morgan fingerprint density at radius 1 is 1.30 bits per heavy atom. The van der Waals surface area contributed by atoms with Crippen molar-refractivity contribution in [2.75, 3.05) is 25.4 Å². The molecule has 2 N–H and O–H groups in total. The summed E-state index contributed by atoms with van der Waals surface area (Å²) in [5.41, 5.74) is 0. The van der Waals surface area contributed by atoms with Crippen LogP contribution in [0, 0.1) is 0 Å². The smallest absolute Gasteiger partial charge is 0.0326 e. The predicted octanol–water partition coefficient (Wildman–Crippen LogP) is 0.0533. The first kappa shape index (κ1) is 6.95. The van der Waals surface area contributed by atoms with Crippen molar-refractivity contribution in [1.29, 1.82) is 0 Å². The fourth-order valence-corrected chi connectivity index (χ4v) is 3.07. The van der Waals surface area contributed by atoms with Crippen LogP contribution < -0.4 is 10.6 Å². The predicted molar refractivity (Wildman–Crippen MR) is 45.5 cm³/mol. The Morgan fingerprint density at radius 3 is 3.30 bits per heavy atom. The molecule has 0 aromatic rings. The highest BCUT2D eigenvalue weighted by molar-refractivity contribution is 8.00. The maximum absolute atomic E-state index is 3.56. The van der Waals surface area contributed by atoms with Crippen LogP contribution in [0.2, 0.25) is 0 Å². The second-order valence-electron chi connectivity index (χ2n) is 2.96. The van der Waals surface area contributed by atoms with Crippen molar-refractivity contribution >= 4 is 11.8 Å². The van der Waals surface area contributed by atoms with Crippen LogP contribution in [0.15, 0.2) is 0 Å². The molecule has 2 aliphatic rings. The maximum Gasteiger partial charge on any atom is 0.0326 e. The van der Waals surface area contributed by atoms with Crippen molar-refractivity contribution in [3.05, 3.63) is 0 Å². The van der Waals surface area contributed by atoms with Crippen molar-refractivity contribution in [3.63, 3.8) is 0 Å². The Labute approximate surface area is 66.1 Å². The van der Waals surface area contributed by atoms with Crippen LogP contribution in [0.3, 0.4) is 0 Å². The van der Waals surface area contributed by atoms with E-state index in [0.29, 0.717) is 0 Å². The first-order chi connectivity index (χ1) is 4.97. The zero-order valence-electron chi connectivity index (χ0n) is 6.10. The summed E-state index contributed by atoms with van der Waals surface area (Å²) in [5, 5.41) is 7.85. The molecule has 2 saturated heterocycles. The van der Waals surface area contributed by atoms with Gasteiger partial charge in [0.2, 0.25) is 0 Å². The van der Waals surface area contributed by atoms with E-state index in [1.54, 1.807) is 0 Å². The molecule has 0 aromatic heterocycles. The van der Waals surface area contributed by atoms with Crippen molar-refractivity contribution in [1.82, 2.24) is 10.6 Å². The van der Waals surface area contributed by atoms with Crippen LogP contribution in [0.25, 0.3) is 0 Å². The molecule has 0 radical (unpaired) electrons. The second-order valence-corrected chi connectivity index (χ2v) is 4.31. The highest BCUT2D eigenvalue weighted by atomic mass is 32.2. The molecule has 10 heavy (non-hydrogen) atoms. The molecule has 0 spiro atoms. The average molecular weight is 158 g/mol. The van der Waals surface area contributed by atoms with E-state index >= 15 is 0 Å². The Bertz CT molecular complexity index is 106. The van der Waals surface area contributed by atoms with Crippen molar-refractivity contribution in [2.24, 2.45) is 0 Å². The number of nitrogens with one attached hydrogen (secondary N) is 2. The third kappa shape index (κ3) is 1.31. The lowest BCUT2D eigenvalue weighted by Crippen LogP contribution is -2.34. The van der Waals surface area contributed by atoms with Gasteiger partial charge in [0.05, 0.1) is 0 Å². The summed E-state index contributed by atoms with van der Waals surface area (Å²) in [5.74, 6) is 1.35. The molecule has 0 bridgehead atoms. The number of thioether (sulfide) groups is 1. The van der Waals surface area contributed by atoms with Gasteiger partial charge >= 0.3 is 0 Å². The molecule has 2 nitrogen and oxygen atoms in total. The van der Waals surface area contributed by atoms with E-state index in [4.69, 9.17) is 0 Å². The molecule has 0 amide bonds. The molecule has 0 aromatic carbocycles. The normalized spacial score (nSPS) is 40.8. The molecule has 2 atom stereocenters. The molecule has 0 aliphatic carbocycles. The topological polar surface area (TPSA) is 24.1 Å². The van der Waals surface area contributed by atoms with Crippen LogP contribution in [0.5, 0.6) is 0 Å². The number of fused-ring (bicyclic) bond motifs is 1. The SMILES string of the molecule is C1CNC2CCSC2CN1. The van der Waals surface area contributed by atoms with E-state index in [9.17, 15) is 0 Å². The molecule has 2 aliphatic heterocycles. The van der Waals surface area contributed by atoms with Crippen LogP contribution in [0.1, 0.15) is 6.42 Å². The third-order valence-electron chi connectivity index (χ3n) is 2.26. The lowest BCUT2D eigenvalue weighted by molar-refractivity contribution is 0.541. The zero-order valence-corrected chi connectivity index (χ0v) is 6.91. The quantitative estimate of drug-likeness (QED) is 0.521. The van der Waals surface area contributed by atoms with Crippen molar-refractivity contribution in [3.8, 4) is 0 Å². The highest BCUT2D eigenvalue weighted by Crippen LogP contribution is 2.26. The van der Waals surface area contributed by atoms with Gasteiger partial charge in [-0.1, -0.05) is 0 Å². The standard InChI is InChI=1S/C7H14N2S/c1-4-10-7-5-8-2-3-9-6(1)7/h6-9H,1-5H2. The van der Waals surface area contributed by atoms with Gasteiger partial charge in [0.15, 0.2) is 0 Å². The van der Waals surface area contributed by atoms with Crippen LogP contribution in [-0.4, -0.2) is 36.7 Å². The molecule has 0 saturated carbocycles. The maximum atomic E-state index is 3.56. The summed E-state index contributed by atoms with van der Waals surface area (Å²) in [6, 6.07) is 0.806. The second kappa shape index (κ2) is 3.11. The van der Waals surface area contributed by atoms with Crippen LogP contribution >= 0.6 is 11.8 Å². The minimum atomic E-state index is 0.806. The monoisotopic (exact) mass is 158 g/mol. The van der Waals surface area contributed by atoms with Gasteiger partial charge in [-0.05, 0) is 12.2 Å². The minimum absolute atomic E-state index is 0.806. The molecule has 2 unspecified atom stereocenters. The van der Waals surface area contributed by atoms with E-state index in [1.807, 2.05) is 0 Å². The highest BCUT2D eigenvalue weighted by Gasteiger charge is 2.28. The summed E-state index contributed by atoms with van der Waals surface area (Å²) in [7, 11) is 0. The number of hydrogen-bond acceptors (Lipinski definition) is 3. The van der Waals surface area contributed by atoms with E-state index < -0.39 is 0 Å². The molecule has 2 heterocycles. The van der Waals surface area contributed by atoms with Gasteiger partial charge in [0.1, 0.15) is 0 Å².